The van der Waals surface area contributed by atoms with E-state index in [1.165, 1.54) is 4.90 Å². The van der Waals surface area contributed by atoms with Crippen molar-refractivity contribution in [2.45, 2.75) is 10.8 Å². The minimum absolute atomic E-state index is 0.0554. The van der Waals surface area contributed by atoms with Crippen LogP contribution in [0.3, 0.4) is 0 Å². The lowest BCUT2D eigenvalue weighted by atomic mass is 9.90. The van der Waals surface area contributed by atoms with Crippen molar-refractivity contribution < 1.29 is 9.53 Å². The van der Waals surface area contributed by atoms with Gasteiger partial charge < -0.3 is 4.74 Å². The molecule has 1 aliphatic heterocycles. The molecule has 0 N–H and O–H groups in total. The molecule has 0 bridgehead atoms. The van der Waals surface area contributed by atoms with Gasteiger partial charge in [-0.15, -0.1) is 11.8 Å². The number of morpholine rings is 1. The van der Waals surface area contributed by atoms with Gasteiger partial charge in [0.2, 0.25) is 5.91 Å². The van der Waals surface area contributed by atoms with Crippen molar-refractivity contribution in [3.8, 4) is 0 Å². The van der Waals surface area contributed by atoms with Crippen LogP contribution in [0, 0.1) is 0 Å². The minimum Gasteiger partial charge on any atom is -0.379 e. The number of thioether (sulfide) groups is 1. The molecule has 1 aromatic heterocycles. The smallest absolute Gasteiger partial charge is 0.240 e. The lowest BCUT2D eigenvalue weighted by Gasteiger charge is -2.31. The molecule has 4 aromatic rings. The van der Waals surface area contributed by atoms with Crippen molar-refractivity contribution in [3.05, 3.63) is 90.0 Å². The van der Waals surface area contributed by atoms with E-state index in [0.717, 1.165) is 59.3 Å². The highest BCUT2D eigenvalue weighted by Gasteiger charge is 2.30. The third-order valence-electron chi connectivity index (χ3n) is 6.34. The van der Waals surface area contributed by atoms with Gasteiger partial charge in [0.25, 0.3) is 0 Å². The Morgan fingerprint density at radius 3 is 2.31 bits per heavy atom. The fraction of sp³-hybridized carbons (Fsp3) is 0.286. The molecular formula is C28H29N3O2S2. The number of benzene rings is 3. The number of hydrogen-bond donors (Lipinski definition) is 0. The van der Waals surface area contributed by atoms with Gasteiger partial charge in [0, 0.05) is 31.1 Å². The van der Waals surface area contributed by atoms with Crippen LogP contribution in [0.1, 0.15) is 17.0 Å². The zero-order valence-electron chi connectivity index (χ0n) is 19.8. The van der Waals surface area contributed by atoms with Crippen LogP contribution in [-0.4, -0.2) is 61.4 Å². The van der Waals surface area contributed by atoms with Gasteiger partial charge >= 0.3 is 0 Å². The summed E-state index contributed by atoms with van der Waals surface area (Å²) in [5.74, 6) is -0.337. The molecule has 0 spiro atoms. The first kappa shape index (κ1) is 24.0. The topological polar surface area (TPSA) is 45.7 Å². The molecular weight excluding hydrogens is 474 g/mol. The average molecular weight is 504 g/mol. The van der Waals surface area contributed by atoms with Crippen LogP contribution < -0.4 is 4.90 Å². The quantitative estimate of drug-likeness (QED) is 0.297. The highest BCUT2D eigenvalue weighted by Crippen LogP contribution is 2.35. The molecule has 0 aliphatic carbocycles. The first-order valence-electron chi connectivity index (χ1n) is 11.9. The number of anilines is 1. The van der Waals surface area contributed by atoms with Crippen molar-refractivity contribution in [3.63, 3.8) is 0 Å². The summed E-state index contributed by atoms with van der Waals surface area (Å²) < 4.78 is 6.62. The number of rotatable bonds is 8. The highest BCUT2D eigenvalue weighted by atomic mass is 32.2. The molecule has 0 radical (unpaired) electrons. The Balaban J connectivity index is 1.53. The molecule has 0 saturated carbocycles. The Morgan fingerprint density at radius 1 is 1.03 bits per heavy atom. The Morgan fingerprint density at radius 2 is 1.69 bits per heavy atom. The number of amides is 1. The molecule has 2 heterocycles. The first-order chi connectivity index (χ1) is 17.2. The average Bonchev–Trinajstić information content (AvgIpc) is 3.34. The van der Waals surface area contributed by atoms with Crippen LogP contribution >= 0.6 is 23.1 Å². The van der Waals surface area contributed by atoms with Gasteiger partial charge in [-0.05, 0) is 35.6 Å². The normalized spacial score (nSPS) is 14.5. The summed E-state index contributed by atoms with van der Waals surface area (Å²) in [5, 5.41) is 0.758. The number of ether oxygens (including phenoxy) is 1. The molecule has 180 valence electrons. The third-order valence-corrected chi connectivity index (χ3v) is 8.10. The van der Waals surface area contributed by atoms with E-state index < -0.39 is 5.92 Å². The molecule has 0 atom stereocenters. The second-order valence-corrected chi connectivity index (χ2v) is 10.4. The molecule has 3 aromatic carbocycles. The largest absolute Gasteiger partial charge is 0.379 e. The van der Waals surface area contributed by atoms with Crippen molar-refractivity contribution in [1.29, 1.82) is 0 Å². The maximum absolute atomic E-state index is 14.4. The van der Waals surface area contributed by atoms with Gasteiger partial charge in [0.1, 0.15) is 0 Å². The number of carbonyl (C=O) groups excluding carboxylic acids is 1. The van der Waals surface area contributed by atoms with Gasteiger partial charge in [0.05, 0.1) is 29.3 Å². The van der Waals surface area contributed by atoms with Crippen LogP contribution in [0.25, 0.3) is 10.2 Å². The van der Waals surface area contributed by atoms with Gasteiger partial charge in [-0.25, -0.2) is 4.98 Å². The van der Waals surface area contributed by atoms with Gasteiger partial charge in [-0.1, -0.05) is 72.0 Å². The van der Waals surface area contributed by atoms with Gasteiger partial charge in [-0.2, -0.15) is 0 Å². The van der Waals surface area contributed by atoms with Gasteiger partial charge in [0.15, 0.2) is 5.13 Å². The van der Waals surface area contributed by atoms with Crippen LogP contribution in [0.2, 0.25) is 0 Å². The van der Waals surface area contributed by atoms with E-state index in [-0.39, 0.29) is 5.91 Å². The minimum atomic E-state index is -0.393. The van der Waals surface area contributed by atoms with E-state index in [1.54, 1.807) is 23.1 Å². The molecule has 1 amide bonds. The Hall–Kier alpha value is -2.71. The zero-order chi connectivity index (χ0) is 24.0. The van der Waals surface area contributed by atoms with Crippen LogP contribution in [0.15, 0.2) is 83.8 Å². The summed E-state index contributed by atoms with van der Waals surface area (Å²) in [6.45, 7) is 4.63. The maximum atomic E-state index is 14.4. The fourth-order valence-electron chi connectivity index (χ4n) is 4.43. The van der Waals surface area contributed by atoms with E-state index in [0.29, 0.717) is 6.54 Å². The van der Waals surface area contributed by atoms with Crippen LogP contribution in [-0.2, 0) is 9.53 Å². The number of aromatic nitrogens is 1. The maximum Gasteiger partial charge on any atom is 0.240 e. The molecule has 5 rings (SSSR count). The fourth-order valence-corrected chi connectivity index (χ4v) is 5.98. The number of thiazole rings is 1. The van der Waals surface area contributed by atoms with Crippen LogP contribution in [0.4, 0.5) is 5.13 Å². The molecule has 1 aliphatic rings. The second kappa shape index (κ2) is 11.4. The molecule has 0 unspecified atom stereocenters. The Kier molecular flexibility index (Phi) is 7.79. The molecule has 7 heteroatoms. The third kappa shape index (κ3) is 5.59. The monoisotopic (exact) mass is 503 g/mol. The molecule has 1 fully saturated rings. The van der Waals surface area contributed by atoms with Crippen LogP contribution in [0.5, 0.6) is 0 Å². The van der Waals surface area contributed by atoms with E-state index in [1.807, 2.05) is 65.6 Å². The standard InChI is InChI=1S/C28H29N3O2S2/c1-34-23-12-13-24-25(20-23)35-28(29-24)31(15-14-30-16-18-33-19-17-30)27(32)26(21-8-4-2-5-9-21)22-10-6-3-7-11-22/h2-13,20,26H,14-19H2,1H3. The second-order valence-electron chi connectivity index (χ2n) is 8.53. The Bertz CT molecular complexity index is 1220. The summed E-state index contributed by atoms with van der Waals surface area (Å²) in [7, 11) is 0. The molecule has 1 saturated heterocycles. The summed E-state index contributed by atoms with van der Waals surface area (Å²) in [6.07, 6.45) is 2.07. The number of carbonyl (C=O) groups is 1. The Labute approximate surface area is 214 Å². The lowest BCUT2D eigenvalue weighted by molar-refractivity contribution is -0.119. The summed E-state index contributed by atoms with van der Waals surface area (Å²) >= 11 is 3.31. The van der Waals surface area contributed by atoms with Crippen molar-refractivity contribution in [2.24, 2.45) is 0 Å². The zero-order valence-corrected chi connectivity index (χ0v) is 21.4. The molecule has 35 heavy (non-hydrogen) atoms. The van der Waals surface area contributed by atoms with Crippen molar-refractivity contribution >= 4 is 44.4 Å². The lowest BCUT2D eigenvalue weighted by Crippen LogP contribution is -2.44. The number of hydrogen-bond acceptors (Lipinski definition) is 6. The van der Waals surface area contributed by atoms with E-state index >= 15 is 0 Å². The first-order valence-corrected chi connectivity index (χ1v) is 13.9. The van der Waals surface area contributed by atoms with Crippen molar-refractivity contribution in [2.75, 3.05) is 50.5 Å². The van der Waals surface area contributed by atoms with Gasteiger partial charge in [-0.3, -0.25) is 14.6 Å². The SMILES string of the molecule is CSc1ccc2nc(N(CCN3CCOCC3)C(=O)C(c3ccccc3)c3ccccc3)sc2c1. The predicted molar refractivity (Wildman–Crippen MR) is 146 cm³/mol. The highest BCUT2D eigenvalue weighted by molar-refractivity contribution is 7.98. The molecule has 5 nitrogen and oxygen atoms in total. The number of fused-ring (bicyclic) bond motifs is 1. The summed E-state index contributed by atoms with van der Waals surface area (Å²) in [4.78, 5) is 24.7. The predicted octanol–water partition coefficient (Wildman–Crippen LogP) is 5.52. The van der Waals surface area contributed by atoms with E-state index in [9.17, 15) is 4.79 Å². The summed E-state index contributed by atoms with van der Waals surface area (Å²) in [6, 6.07) is 26.4. The summed E-state index contributed by atoms with van der Waals surface area (Å²) in [5.41, 5.74) is 2.92. The van der Waals surface area contributed by atoms with Crippen molar-refractivity contribution in [1.82, 2.24) is 9.88 Å². The number of nitrogens with zero attached hydrogens (tertiary/aromatic N) is 3. The van der Waals surface area contributed by atoms with E-state index in [4.69, 9.17) is 9.72 Å². The van der Waals surface area contributed by atoms with E-state index in [2.05, 4.69) is 29.4 Å².